The Hall–Kier alpha value is -2.18. The zero-order chi connectivity index (χ0) is 17.4. The molecule has 2 aromatic heterocycles. The number of anilines is 1. The van der Waals surface area contributed by atoms with Gasteiger partial charge in [0.05, 0.1) is 21.6 Å². The summed E-state index contributed by atoms with van der Waals surface area (Å²) in [7, 11) is 0. The lowest BCUT2D eigenvalue weighted by atomic mass is 9.96. The van der Waals surface area contributed by atoms with E-state index in [-0.39, 0.29) is 30.0 Å². The summed E-state index contributed by atoms with van der Waals surface area (Å²) in [5.41, 5.74) is 9.23. The molecule has 0 spiro atoms. The first kappa shape index (κ1) is 18.6. The Labute approximate surface area is 161 Å². The summed E-state index contributed by atoms with van der Waals surface area (Å²) >= 11 is 1.67. The lowest BCUT2D eigenvalue weighted by Gasteiger charge is -2.32. The molecule has 0 saturated carbocycles. The Morgan fingerprint density at radius 2 is 1.88 bits per heavy atom. The number of halogens is 2. The molecular formula is C19H19ClFN3OS. The molecule has 136 valence electrons. The molecule has 0 radical (unpaired) electrons. The number of carbonyl (C=O) groups excluding carboxylic acids is 1. The molecule has 2 N–H and O–H groups in total. The van der Waals surface area contributed by atoms with Crippen molar-refractivity contribution >= 4 is 45.6 Å². The van der Waals surface area contributed by atoms with Crippen LogP contribution in [0.15, 0.2) is 41.8 Å². The van der Waals surface area contributed by atoms with E-state index in [2.05, 4.69) is 11.0 Å². The fourth-order valence-corrected chi connectivity index (χ4v) is 4.22. The number of amides is 1. The number of primary amides is 1. The topological polar surface area (TPSA) is 59.2 Å². The Kier molecular flexibility index (Phi) is 5.44. The van der Waals surface area contributed by atoms with Crippen LogP contribution in [0.4, 0.5) is 10.1 Å². The SMILES string of the molecule is Cl.NC(=O)C1CCN(c2cc(-c3ccc(F)cc3)nc3ccsc23)CC1. The highest BCUT2D eigenvalue weighted by atomic mass is 35.5. The van der Waals surface area contributed by atoms with Crippen molar-refractivity contribution in [2.24, 2.45) is 11.7 Å². The van der Waals surface area contributed by atoms with E-state index in [1.807, 2.05) is 11.4 Å². The quantitative estimate of drug-likeness (QED) is 0.727. The lowest BCUT2D eigenvalue weighted by Crippen LogP contribution is -2.38. The predicted octanol–water partition coefficient (Wildman–Crippen LogP) is 4.23. The standard InChI is InChI=1S/C19H18FN3OS.ClH/c20-14-3-1-12(2-4-14)16-11-17(18-15(22-16)7-10-25-18)23-8-5-13(6-9-23)19(21)24;/h1-4,7,10-11,13H,5-6,8-9H2,(H2,21,24);1H. The average Bonchev–Trinajstić information content (AvgIpc) is 3.10. The number of benzene rings is 1. The molecule has 0 unspecified atom stereocenters. The van der Waals surface area contributed by atoms with Crippen LogP contribution in [0.2, 0.25) is 0 Å². The average molecular weight is 392 g/mol. The van der Waals surface area contributed by atoms with Gasteiger partial charge in [0.1, 0.15) is 5.82 Å². The van der Waals surface area contributed by atoms with Crippen molar-refractivity contribution in [2.75, 3.05) is 18.0 Å². The maximum absolute atomic E-state index is 13.2. The molecule has 7 heteroatoms. The van der Waals surface area contributed by atoms with Gasteiger partial charge < -0.3 is 10.6 Å². The van der Waals surface area contributed by atoms with E-state index in [4.69, 9.17) is 10.7 Å². The van der Waals surface area contributed by atoms with Gasteiger partial charge in [0.25, 0.3) is 0 Å². The number of rotatable bonds is 3. The molecule has 4 nitrogen and oxygen atoms in total. The van der Waals surface area contributed by atoms with Crippen molar-refractivity contribution in [1.82, 2.24) is 4.98 Å². The second-order valence-electron chi connectivity index (χ2n) is 6.33. The van der Waals surface area contributed by atoms with E-state index >= 15 is 0 Å². The molecule has 3 aromatic rings. The third kappa shape index (κ3) is 3.52. The van der Waals surface area contributed by atoms with Gasteiger partial charge >= 0.3 is 0 Å². The molecular weight excluding hydrogens is 373 g/mol. The second kappa shape index (κ2) is 7.60. The van der Waals surface area contributed by atoms with E-state index in [9.17, 15) is 9.18 Å². The number of pyridine rings is 1. The predicted molar refractivity (Wildman–Crippen MR) is 106 cm³/mol. The third-order valence-corrected chi connectivity index (χ3v) is 5.70. The summed E-state index contributed by atoms with van der Waals surface area (Å²) in [6.45, 7) is 1.60. The molecule has 1 aliphatic heterocycles. The first-order chi connectivity index (χ1) is 12.1. The molecule has 0 aliphatic carbocycles. The minimum absolute atomic E-state index is 0. The number of carbonyl (C=O) groups is 1. The maximum Gasteiger partial charge on any atom is 0.220 e. The van der Waals surface area contributed by atoms with Crippen LogP contribution < -0.4 is 10.6 Å². The van der Waals surface area contributed by atoms with Gasteiger partial charge in [-0.25, -0.2) is 9.37 Å². The Morgan fingerprint density at radius 1 is 1.19 bits per heavy atom. The normalized spacial score (nSPS) is 15.0. The summed E-state index contributed by atoms with van der Waals surface area (Å²) in [5, 5.41) is 2.03. The number of nitrogens with two attached hydrogens (primary N) is 1. The van der Waals surface area contributed by atoms with E-state index in [1.165, 1.54) is 12.1 Å². The summed E-state index contributed by atoms with van der Waals surface area (Å²) in [5.74, 6) is -0.495. The Morgan fingerprint density at radius 3 is 2.54 bits per heavy atom. The monoisotopic (exact) mass is 391 g/mol. The molecule has 1 amide bonds. The van der Waals surface area contributed by atoms with Gasteiger partial charge in [-0.3, -0.25) is 4.79 Å². The molecule has 1 aliphatic rings. The number of thiophene rings is 1. The van der Waals surface area contributed by atoms with Gasteiger partial charge in [0, 0.05) is 24.6 Å². The number of piperidine rings is 1. The molecule has 0 atom stereocenters. The zero-order valence-electron chi connectivity index (χ0n) is 14.0. The maximum atomic E-state index is 13.2. The molecule has 0 bridgehead atoms. The van der Waals surface area contributed by atoms with Gasteiger partial charge in [0.2, 0.25) is 5.91 Å². The number of hydrogen-bond donors (Lipinski definition) is 1. The molecule has 26 heavy (non-hydrogen) atoms. The van der Waals surface area contributed by atoms with Gasteiger partial charge in [0.15, 0.2) is 0 Å². The number of nitrogens with zero attached hydrogens (tertiary/aromatic N) is 2. The van der Waals surface area contributed by atoms with Crippen molar-refractivity contribution < 1.29 is 9.18 Å². The lowest BCUT2D eigenvalue weighted by molar-refractivity contribution is -0.122. The van der Waals surface area contributed by atoms with Crippen molar-refractivity contribution in [3.63, 3.8) is 0 Å². The van der Waals surface area contributed by atoms with Crippen LogP contribution in [0.1, 0.15) is 12.8 Å². The van der Waals surface area contributed by atoms with Crippen LogP contribution in [0.5, 0.6) is 0 Å². The third-order valence-electron chi connectivity index (χ3n) is 4.77. The van der Waals surface area contributed by atoms with Crippen LogP contribution in [-0.2, 0) is 4.79 Å². The van der Waals surface area contributed by atoms with Crippen LogP contribution in [0, 0.1) is 11.7 Å². The van der Waals surface area contributed by atoms with Crippen LogP contribution in [-0.4, -0.2) is 24.0 Å². The first-order valence-corrected chi connectivity index (χ1v) is 9.18. The fourth-order valence-electron chi connectivity index (χ4n) is 3.35. The molecule has 1 saturated heterocycles. The highest BCUT2D eigenvalue weighted by Gasteiger charge is 2.25. The van der Waals surface area contributed by atoms with Crippen molar-refractivity contribution in [2.45, 2.75) is 12.8 Å². The Balaban J connectivity index is 0.00000196. The summed E-state index contributed by atoms with van der Waals surface area (Å²) in [6, 6.07) is 10.5. The van der Waals surface area contributed by atoms with Gasteiger partial charge in [-0.05, 0) is 54.6 Å². The van der Waals surface area contributed by atoms with Crippen LogP contribution >= 0.6 is 23.7 Å². The Bertz CT molecular complexity index is 920. The number of hydrogen-bond acceptors (Lipinski definition) is 4. The highest BCUT2D eigenvalue weighted by Crippen LogP contribution is 2.36. The van der Waals surface area contributed by atoms with E-state index in [0.717, 1.165) is 53.1 Å². The number of fused-ring (bicyclic) bond motifs is 1. The van der Waals surface area contributed by atoms with Gasteiger partial charge in [-0.2, -0.15) is 0 Å². The van der Waals surface area contributed by atoms with Crippen molar-refractivity contribution in [3.8, 4) is 11.3 Å². The molecule has 1 aromatic carbocycles. The van der Waals surface area contributed by atoms with Crippen LogP contribution in [0.3, 0.4) is 0 Å². The van der Waals surface area contributed by atoms with Gasteiger partial charge in [-0.15, -0.1) is 23.7 Å². The van der Waals surface area contributed by atoms with E-state index < -0.39 is 0 Å². The summed E-state index contributed by atoms with van der Waals surface area (Å²) < 4.78 is 14.4. The smallest absolute Gasteiger partial charge is 0.220 e. The molecule has 1 fully saturated rings. The summed E-state index contributed by atoms with van der Waals surface area (Å²) in [4.78, 5) is 18.4. The van der Waals surface area contributed by atoms with E-state index in [0.29, 0.717) is 0 Å². The first-order valence-electron chi connectivity index (χ1n) is 8.30. The fraction of sp³-hybridized carbons (Fsp3) is 0.263. The minimum Gasteiger partial charge on any atom is -0.370 e. The zero-order valence-corrected chi connectivity index (χ0v) is 15.7. The van der Waals surface area contributed by atoms with Crippen molar-refractivity contribution in [3.05, 3.63) is 47.6 Å². The second-order valence-corrected chi connectivity index (χ2v) is 7.25. The van der Waals surface area contributed by atoms with Crippen LogP contribution in [0.25, 0.3) is 21.5 Å². The number of aromatic nitrogens is 1. The summed E-state index contributed by atoms with van der Waals surface area (Å²) in [6.07, 6.45) is 1.55. The molecule has 4 rings (SSSR count). The molecule has 3 heterocycles. The minimum atomic E-state index is -0.255. The highest BCUT2D eigenvalue weighted by molar-refractivity contribution is 7.17. The van der Waals surface area contributed by atoms with Crippen molar-refractivity contribution in [1.29, 1.82) is 0 Å². The van der Waals surface area contributed by atoms with Gasteiger partial charge in [-0.1, -0.05) is 0 Å². The van der Waals surface area contributed by atoms with E-state index in [1.54, 1.807) is 23.5 Å². The largest absolute Gasteiger partial charge is 0.370 e.